The standard InChI is InChI=1S/C13H17N3O2S2/c1-14-10-11-4-2-3-5-12(11)20(17,18)16-7-6-13-15-8-9-19-13/h2-5,8-9,14,16H,6-7,10H2,1H3. The third-order valence-electron chi connectivity index (χ3n) is 2.74. The minimum absolute atomic E-state index is 0.327. The molecule has 108 valence electrons. The maximum absolute atomic E-state index is 12.3. The first kappa shape index (κ1) is 15.1. The number of hydrogen-bond acceptors (Lipinski definition) is 5. The van der Waals surface area contributed by atoms with Crippen LogP contribution in [0.1, 0.15) is 10.6 Å². The first-order valence-corrected chi connectivity index (χ1v) is 8.60. The molecule has 0 amide bonds. The predicted octanol–water partition coefficient (Wildman–Crippen LogP) is 1.38. The van der Waals surface area contributed by atoms with E-state index < -0.39 is 10.0 Å². The molecule has 0 saturated carbocycles. The Morgan fingerprint density at radius 2 is 2.10 bits per heavy atom. The van der Waals surface area contributed by atoms with E-state index in [0.717, 1.165) is 10.6 Å². The van der Waals surface area contributed by atoms with Crippen LogP contribution in [0.4, 0.5) is 0 Å². The van der Waals surface area contributed by atoms with Gasteiger partial charge < -0.3 is 5.32 Å². The second-order valence-electron chi connectivity index (χ2n) is 4.21. The first-order valence-electron chi connectivity index (χ1n) is 6.24. The zero-order valence-electron chi connectivity index (χ0n) is 11.2. The number of nitrogens with one attached hydrogen (secondary N) is 2. The van der Waals surface area contributed by atoms with Crippen LogP contribution in [0.2, 0.25) is 0 Å². The molecule has 0 radical (unpaired) electrons. The van der Waals surface area contributed by atoms with Crippen molar-refractivity contribution in [2.45, 2.75) is 17.9 Å². The Morgan fingerprint density at radius 1 is 1.30 bits per heavy atom. The van der Waals surface area contributed by atoms with Gasteiger partial charge in [-0.15, -0.1) is 11.3 Å². The summed E-state index contributed by atoms with van der Waals surface area (Å²) in [5, 5.41) is 5.78. The summed E-state index contributed by atoms with van der Waals surface area (Å²) < 4.78 is 27.2. The van der Waals surface area contributed by atoms with E-state index in [1.165, 1.54) is 11.3 Å². The molecule has 1 aromatic carbocycles. The lowest BCUT2D eigenvalue weighted by molar-refractivity contribution is 0.579. The van der Waals surface area contributed by atoms with Crippen molar-refractivity contribution in [3.8, 4) is 0 Å². The molecule has 0 aliphatic heterocycles. The van der Waals surface area contributed by atoms with Gasteiger partial charge in [0.2, 0.25) is 10.0 Å². The van der Waals surface area contributed by atoms with Crippen LogP contribution in [0.5, 0.6) is 0 Å². The molecule has 0 unspecified atom stereocenters. The van der Waals surface area contributed by atoms with E-state index in [0.29, 0.717) is 24.4 Å². The van der Waals surface area contributed by atoms with Crippen molar-refractivity contribution in [2.24, 2.45) is 0 Å². The lowest BCUT2D eigenvalue weighted by Crippen LogP contribution is -2.27. The van der Waals surface area contributed by atoms with Gasteiger partial charge in [0.25, 0.3) is 0 Å². The fourth-order valence-electron chi connectivity index (χ4n) is 1.85. The molecule has 0 atom stereocenters. The summed E-state index contributed by atoms with van der Waals surface area (Å²) in [6.45, 7) is 0.868. The summed E-state index contributed by atoms with van der Waals surface area (Å²) in [6, 6.07) is 7.00. The highest BCUT2D eigenvalue weighted by Crippen LogP contribution is 2.15. The minimum atomic E-state index is -3.48. The van der Waals surface area contributed by atoms with Crippen molar-refractivity contribution in [3.63, 3.8) is 0 Å². The fraction of sp³-hybridized carbons (Fsp3) is 0.308. The Labute approximate surface area is 123 Å². The number of rotatable bonds is 7. The van der Waals surface area contributed by atoms with Crippen molar-refractivity contribution < 1.29 is 8.42 Å². The molecule has 5 nitrogen and oxygen atoms in total. The average molecular weight is 311 g/mol. The van der Waals surface area contributed by atoms with Crippen LogP contribution in [0.25, 0.3) is 0 Å². The second-order valence-corrected chi connectivity index (χ2v) is 6.93. The molecule has 1 heterocycles. The van der Waals surface area contributed by atoms with Gasteiger partial charge in [-0.25, -0.2) is 18.1 Å². The maximum atomic E-state index is 12.3. The van der Waals surface area contributed by atoms with Crippen LogP contribution in [0.3, 0.4) is 0 Å². The van der Waals surface area contributed by atoms with E-state index in [2.05, 4.69) is 15.0 Å². The second kappa shape index (κ2) is 6.94. The summed E-state index contributed by atoms with van der Waals surface area (Å²) in [4.78, 5) is 4.46. The molecule has 0 aliphatic carbocycles. The van der Waals surface area contributed by atoms with E-state index >= 15 is 0 Å². The fourth-order valence-corrected chi connectivity index (χ4v) is 3.74. The van der Waals surface area contributed by atoms with Crippen LogP contribution in [-0.2, 0) is 23.0 Å². The van der Waals surface area contributed by atoms with E-state index in [1.54, 1.807) is 25.4 Å². The maximum Gasteiger partial charge on any atom is 0.240 e. The van der Waals surface area contributed by atoms with Gasteiger partial charge in [0.05, 0.1) is 9.90 Å². The largest absolute Gasteiger partial charge is 0.316 e. The summed E-state index contributed by atoms with van der Waals surface area (Å²) in [5.74, 6) is 0. The molecule has 7 heteroatoms. The third-order valence-corrected chi connectivity index (χ3v) is 5.14. The van der Waals surface area contributed by atoms with Gasteiger partial charge in [0.15, 0.2) is 0 Å². The summed E-state index contributed by atoms with van der Waals surface area (Å²) >= 11 is 1.52. The molecule has 0 saturated heterocycles. The van der Waals surface area contributed by atoms with E-state index in [4.69, 9.17) is 0 Å². The first-order chi connectivity index (χ1) is 9.63. The van der Waals surface area contributed by atoms with Gasteiger partial charge in [-0.2, -0.15) is 0 Å². The topological polar surface area (TPSA) is 71.1 Å². The Balaban J connectivity index is 2.06. The minimum Gasteiger partial charge on any atom is -0.316 e. The Hall–Kier alpha value is -1.28. The Kier molecular flexibility index (Phi) is 5.24. The van der Waals surface area contributed by atoms with Crippen LogP contribution < -0.4 is 10.0 Å². The number of benzene rings is 1. The summed E-state index contributed by atoms with van der Waals surface area (Å²) in [5.41, 5.74) is 0.761. The molecular weight excluding hydrogens is 294 g/mol. The van der Waals surface area contributed by atoms with Gasteiger partial charge in [-0.05, 0) is 18.7 Å². The molecular formula is C13H17N3O2S2. The Morgan fingerprint density at radius 3 is 2.80 bits per heavy atom. The number of sulfonamides is 1. The Bertz CT molecular complexity index is 639. The lowest BCUT2D eigenvalue weighted by atomic mass is 10.2. The van der Waals surface area contributed by atoms with Crippen LogP contribution in [-0.4, -0.2) is 27.0 Å². The van der Waals surface area contributed by atoms with Crippen LogP contribution >= 0.6 is 11.3 Å². The van der Waals surface area contributed by atoms with Crippen LogP contribution in [0, 0.1) is 0 Å². The van der Waals surface area contributed by atoms with Crippen molar-refractivity contribution >= 4 is 21.4 Å². The van der Waals surface area contributed by atoms with Crippen molar-refractivity contribution in [2.75, 3.05) is 13.6 Å². The lowest BCUT2D eigenvalue weighted by Gasteiger charge is -2.10. The summed E-state index contributed by atoms with van der Waals surface area (Å²) in [6.07, 6.45) is 2.32. The molecule has 20 heavy (non-hydrogen) atoms. The number of nitrogens with zero attached hydrogens (tertiary/aromatic N) is 1. The molecule has 0 fully saturated rings. The van der Waals surface area contributed by atoms with Gasteiger partial charge >= 0.3 is 0 Å². The molecule has 2 aromatic rings. The van der Waals surface area contributed by atoms with E-state index in [9.17, 15) is 8.42 Å². The zero-order chi connectivity index (χ0) is 14.4. The molecule has 1 aromatic heterocycles. The molecule has 0 aliphatic rings. The van der Waals surface area contributed by atoms with Gasteiger partial charge in [0, 0.05) is 31.1 Å². The normalized spacial score (nSPS) is 11.7. The van der Waals surface area contributed by atoms with E-state index in [1.807, 2.05) is 17.5 Å². The SMILES string of the molecule is CNCc1ccccc1S(=O)(=O)NCCc1nccs1. The third kappa shape index (κ3) is 3.86. The van der Waals surface area contributed by atoms with Crippen molar-refractivity contribution in [1.29, 1.82) is 0 Å². The van der Waals surface area contributed by atoms with Crippen molar-refractivity contribution in [3.05, 3.63) is 46.4 Å². The zero-order valence-corrected chi connectivity index (χ0v) is 12.8. The number of aromatic nitrogens is 1. The smallest absolute Gasteiger partial charge is 0.240 e. The van der Waals surface area contributed by atoms with Gasteiger partial charge in [-0.3, -0.25) is 0 Å². The number of thiazole rings is 1. The quantitative estimate of drug-likeness (QED) is 0.810. The summed E-state index contributed by atoms with van der Waals surface area (Å²) in [7, 11) is -1.69. The monoisotopic (exact) mass is 311 g/mol. The molecule has 2 rings (SSSR count). The molecule has 2 N–H and O–H groups in total. The average Bonchev–Trinajstić information content (AvgIpc) is 2.92. The van der Waals surface area contributed by atoms with Crippen molar-refractivity contribution in [1.82, 2.24) is 15.0 Å². The molecule has 0 bridgehead atoms. The highest BCUT2D eigenvalue weighted by atomic mass is 32.2. The van der Waals surface area contributed by atoms with Crippen LogP contribution in [0.15, 0.2) is 40.7 Å². The van der Waals surface area contributed by atoms with E-state index in [-0.39, 0.29) is 0 Å². The van der Waals surface area contributed by atoms with Gasteiger partial charge in [-0.1, -0.05) is 18.2 Å². The highest BCUT2D eigenvalue weighted by Gasteiger charge is 2.17. The highest BCUT2D eigenvalue weighted by molar-refractivity contribution is 7.89. The van der Waals surface area contributed by atoms with Gasteiger partial charge in [0.1, 0.15) is 0 Å². The molecule has 0 spiro atoms. The predicted molar refractivity (Wildman–Crippen MR) is 80.2 cm³/mol. The number of hydrogen-bond donors (Lipinski definition) is 2.